The van der Waals surface area contributed by atoms with Crippen molar-refractivity contribution in [1.82, 2.24) is 10.6 Å². The number of unbranched alkanes of at least 4 members (excludes halogenated alkanes) is 9. The maximum Gasteiger partial charge on any atom is -0.00207 e. The third kappa shape index (κ3) is 20.2. The quantitative estimate of drug-likeness (QED) is 0.241. The van der Waals surface area contributed by atoms with Crippen molar-refractivity contribution in [3.8, 4) is 0 Å². The molecule has 0 aliphatic heterocycles. The minimum atomic E-state index is 0.469. The van der Waals surface area contributed by atoms with E-state index in [-0.39, 0.29) is 0 Å². The van der Waals surface area contributed by atoms with Crippen LogP contribution in [-0.4, -0.2) is 26.2 Å². The van der Waals surface area contributed by atoms with Gasteiger partial charge in [-0.05, 0) is 56.8 Å². The lowest BCUT2D eigenvalue weighted by Crippen LogP contribution is -2.23. The van der Waals surface area contributed by atoms with Crippen molar-refractivity contribution in [1.29, 1.82) is 0 Å². The van der Waals surface area contributed by atoms with Gasteiger partial charge in [-0.1, -0.05) is 98.8 Å². The Morgan fingerprint density at radius 3 is 1.42 bits per heavy atom. The Hall–Kier alpha value is -0.0800. The minimum absolute atomic E-state index is 0.469. The van der Waals surface area contributed by atoms with Gasteiger partial charge in [0.1, 0.15) is 0 Å². The summed E-state index contributed by atoms with van der Waals surface area (Å²) in [6, 6.07) is 0. The van der Waals surface area contributed by atoms with Crippen LogP contribution in [0.15, 0.2) is 0 Å². The molecule has 0 atom stereocenters. The summed E-state index contributed by atoms with van der Waals surface area (Å²) in [5.74, 6) is 0.884. The van der Waals surface area contributed by atoms with Crippen molar-refractivity contribution in [2.75, 3.05) is 26.2 Å². The van der Waals surface area contributed by atoms with Crippen LogP contribution in [0.4, 0.5) is 0 Å². The minimum Gasteiger partial charge on any atom is -0.317 e. The van der Waals surface area contributed by atoms with E-state index in [1.165, 1.54) is 110 Å². The van der Waals surface area contributed by atoms with Gasteiger partial charge in [-0.2, -0.15) is 0 Å². The summed E-state index contributed by atoms with van der Waals surface area (Å²) < 4.78 is 0. The van der Waals surface area contributed by atoms with Crippen molar-refractivity contribution in [3.05, 3.63) is 0 Å². The van der Waals surface area contributed by atoms with Crippen LogP contribution in [0.25, 0.3) is 0 Å². The molecular weight excluding hydrogens is 316 g/mol. The molecule has 0 bridgehead atoms. The zero-order valence-electron chi connectivity index (χ0n) is 19.1. The van der Waals surface area contributed by atoms with Crippen molar-refractivity contribution in [3.63, 3.8) is 0 Å². The van der Waals surface area contributed by atoms with E-state index in [1.54, 1.807) is 0 Å². The highest BCUT2D eigenvalue weighted by atomic mass is 14.9. The molecule has 0 aliphatic carbocycles. The highest BCUT2D eigenvalue weighted by molar-refractivity contribution is 4.63. The molecule has 158 valence electrons. The summed E-state index contributed by atoms with van der Waals surface area (Å²) in [6.07, 6.45) is 18.1. The topological polar surface area (TPSA) is 24.1 Å². The van der Waals surface area contributed by atoms with E-state index in [0.717, 1.165) is 5.92 Å². The molecule has 0 unspecified atom stereocenters. The monoisotopic (exact) mass is 368 g/mol. The number of rotatable bonds is 19. The first kappa shape index (κ1) is 25.9. The standard InChI is InChI=1S/C24H52N2/c1-6-23(7-2)22-26-20-17-15-13-11-9-8-10-12-14-16-19-25-21-18-24(3,4)5/h23,25-26H,6-22H2,1-5H3. The zero-order chi connectivity index (χ0) is 19.5. The Labute approximate surface area is 166 Å². The number of nitrogens with one attached hydrogen (secondary N) is 2. The predicted molar refractivity (Wildman–Crippen MR) is 120 cm³/mol. The molecule has 2 heteroatoms. The smallest absolute Gasteiger partial charge is 0.00207 e. The lowest BCUT2D eigenvalue weighted by atomic mass is 9.92. The first-order chi connectivity index (χ1) is 12.5. The van der Waals surface area contributed by atoms with E-state index in [0.29, 0.717) is 5.41 Å². The van der Waals surface area contributed by atoms with Crippen molar-refractivity contribution in [2.24, 2.45) is 11.3 Å². The van der Waals surface area contributed by atoms with Gasteiger partial charge in [0, 0.05) is 0 Å². The molecule has 2 nitrogen and oxygen atoms in total. The number of hydrogen-bond donors (Lipinski definition) is 2. The third-order valence-electron chi connectivity index (χ3n) is 5.60. The molecule has 0 aromatic heterocycles. The van der Waals surface area contributed by atoms with Crippen LogP contribution in [0.1, 0.15) is 118 Å². The zero-order valence-corrected chi connectivity index (χ0v) is 19.1. The van der Waals surface area contributed by atoms with Crippen LogP contribution in [0.3, 0.4) is 0 Å². The van der Waals surface area contributed by atoms with Crippen LogP contribution in [0, 0.1) is 11.3 Å². The van der Waals surface area contributed by atoms with Gasteiger partial charge in [-0.3, -0.25) is 0 Å². The Kier molecular flexibility index (Phi) is 18.2. The molecule has 0 aromatic rings. The Bertz CT molecular complexity index is 266. The van der Waals surface area contributed by atoms with Gasteiger partial charge in [0.25, 0.3) is 0 Å². The van der Waals surface area contributed by atoms with E-state index in [1.807, 2.05) is 0 Å². The van der Waals surface area contributed by atoms with Gasteiger partial charge in [-0.25, -0.2) is 0 Å². The van der Waals surface area contributed by atoms with E-state index in [9.17, 15) is 0 Å². The molecule has 0 rings (SSSR count). The summed E-state index contributed by atoms with van der Waals surface area (Å²) >= 11 is 0. The second-order valence-electron chi connectivity index (χ2n) is 9.48. The van der Waals surface area contributed by atoms with Gasteiger partial charge in [0.15, 0.2) is 0 Å². The molecule has 0 aromatic carbocycles. The fourth-order valence-corrected chi connectivity index (χ4v) is 3.39. The van der Waals surface area contributed by atoms with Gasteiger partial charge >= 0.3 is 0 Å². The maximum atomic E-state index is 3.63. The van der Waals surface area contributed by atoms with Crippen molar-refractivity contribution in [2.45, 2.75) is 118 Å². The molecule has 0 radical (unpaired) electrons. The molecule has 0 saturated carbocycles. The van der Waals surface area contributed by atoms with E-state index in [4.69, 9.17) is 0 Å². The summed E-state index contributed by atoms with van der Waals surface area (Å²) in [6.45, 7) is 16.4. The van der Waals surface area contributed by atoms with E-state index >= 15 is 0 Å². The Balaban J connectivity index is 3.09. The predicted octanol–water partition coefficient (Wildman–Crippen LogP) is 6.94. The summed E-state index contributed by atoms with van der Waals surface area (Å²) in [4.78, 5) is 0. The Morgan fingerprint density at radius 2 is 1.00 bits per heavy atom. The van der Waals surface area contributed by atoms with Crippen LogP contribution in [-0.2, 0) is 0 Å². The maximum absolute atomic E-state index is 3.63. The third-order valence-corrected chi connectivity index (χ3v) is 5.60. The lowest BCUT2D eigenvalue weighted by molar-refractivity contribution is 0.366. The average Bonchev–Trinajstić information content (AvgIpc) is 2.60. The van der Waals surface area contributed by atoms with Gasteiger partial charge in [0.05, 0.1) is 0 Å². The summed E-state index contributed by atoms with van der Waals surface area (Å²) in [5.41, 5.74) is 0.469. The number of hydrogen-bond acceptors (Lipinski definition) is 2. The second-order valence-corrected chi connectivity index (χ2v) is 9.48. The van der Waals surface area contributed by atoms with Gasteiger partial charge < -0.3 is 10.6 Å². The molecule has 0 heterocycles. The van der Waals surface area contributed by atoms with Crippen LogP contribution in [0.2, 0.25) is 0 Å². The molecular formula is C24H52N2. The molecule has 26 heavy (non-hydrogen) atoms. The molecule has 0 saturated heterocycles. The van der Waals surface area contributed by atoms with Crippen LogP contribution >= 0.6 is 0 Å². The van der Waals surface area contributed by atoms with E-state index < -0.39 is 0 Å². The van der Waals surface area contributed by atoms with Crippen LogP contribution < -0.4 is 10.6 Å². The largest absolute Gasteiger partial charge is 0.317 e. The first-order valence-electron chi connectivity index (χ1n) is 11.9. The fraction of sp³-hybridized carbons (Fsp3) is 1.00. The molecule has 0 spiro atoms. The molecule has 2 N–H and O–H groups in total. The first-order valence-corrected chi connectivity index (χ1v) is 11.9. The highest BCUT2D eigenvalue weighted by Gasteiger charge is 2.08. The van der Waals surface area contributed by atoms with E-state index in [2.05, 4.69) is 45.3 Å². The molecule has 0 aliphatic rings. The SMILES string of the molecule is CCC(CC)CNCCCCCCCCCCCCNCCC(C)(C)C. The van der Waals surface area contributed by atoms with Crippen molar-refractivity contribution < 1.29 is 0 Å². The van der Waals surface area contributed by atoms with Crippen LogP contribution in [0.5, 0.6) is 0 Å². The fourth-order valence-electron chi connectivity index (χ4n) is 3.39. The lowest BCUT2D eigenvalue weighted by Gasteiger charge is -2.17. The second kappa shape index (κ2) is 18.3. The Morgan fingerprint density at radius 1 is 0.577 bits per heavy atom. The molecule has 0 amide bonds. The van der Waals surface area contributed by atoms with Crippen molar-refractivity contribution >= 4 is 0 Å². The average molecular weight is 369 g/mol. The summed E-state index contributed by atoms with van der Waals surface area (Å²) in [5, 5.41) is 7.22. The van der Waals surface area contributed by atoms with Gasteiger partial charge in [-0.15, -0.1) is 0 Å². The highest BCUT2D eigenvalue weighted by Crippen LogP contribution is 2.17. The van der Waals surface area contributed by atoms with Gasteiger partial charge in [0.2, 0.25) is 0 Å². The normalized spacial score (nSPS) is 12.2. The molecule has 0 fully saturated rings. The summed E-state index contributed by atoms with van der Waals surface area (Å²) in [7, 11) is 0.